The highest BCUT2D eigenvalue weighted by molar-refractivity contribution is 6.32. The van der Waals surface area contributed by atoms with E-state index in [2.05, 4.69) is 95.3 Å². The summed E-state index contributed by atoms with van der Waals surface area (Å²) in [6.45, 7) is 2.87. The van der Waals surface area contributed by atoms with E-state index in [1.54, 1.807) is 6.07 Å². The summed E-state index contributed by atoms with van der Waals surface area (Å²) < 4.78 is 2.17. The standard InChI is InChI=1S/C37H35ClN4O/c1-2-42(32-21-20-28(25-39)34(38)23-32)33-19-12-22-36(43,24-33)35-26-41(27-40-35)37(29-13-6-3-7-14-29,30-15-8-4-9-16-30)31-17-10-5-11-18-31/h3-11,13-18,20-21,23,26-27,33,43H,2,12,19,22,24H2,1H3. The van der Waals surface area contributed by atoms with Crippen LogP contribution in [-0.4, -0.2) is 27.2 Å². The summed E-state index contributed by atoms with van der Waals surface area (Å²) in [7, 11) is 0. The fourth-order valence-corrected chi connectivity index (χ4v) is 7.10. The van der Waals surface area contributed by atoms with Crippen molar-refractivity contribution in [1.82, 2.24) is 9.55 Å². The van der Waals surface area contributed by atoms with Gasteiger partial charge < -0.3 is 14.6 Å². The molecule has 43 heavy (non-hydrogen) atoms. The van der Waals surface area contributed by atoms with Crippen LogP contribution >= 0.6 is 11.6 Å². The highest BCUT2D eigenvalue weighted by Crippen LogP contribution is 2.44. The Morgan fingerprint density at radius 2 is 1.53 bits per heavy atom. The molecule has 5 nitrogen and oxygen atoms in total. The Morgan fingerprint density at radius 3 is 2.05 bits per heavy atom. The minimum Gasteiger partial charge on any atom is -0.383 e. The fraction of sp³-hybridized carbons (Fsp3) is 0.243. The molecule has 1 heterocycles. The quantitative estimate of drug-likeness (QED) is 0.188. The molecule has 5 aromatic rings. The second kappa shape index (κ2) is 12.1. The van der Waals surface area contributed by atoms with Gasteiger partial charge in [-0.2, -0.15) is 5.26 Å². The molecule has 4 aromatic carbocycles. The molecule has 0 bridgehead atoms. The van der Waals surface area contributed by atoms with Gasteiger partial charge in [-0.15, -0.1) is 0 Å². The van der Waals surface area contributed by atoms with Crippen LogP contribution < -0.4 is 4.90 Å². The third-order valence-electron chi connectivity index (χ3n) is 8.91. The van der Waals surface area contributed by atoms with Gasteiger partial charge in [-0.05, 0) is 61.1 Å². The predicted molar refractivity (Wildman–Crippen MR) is 172 cm³/mol. The average Bonchev–Trinajstić information content (AvgIpc) is 3.55. The molecule has 1 aliphatic carbocycles. The van der Waals surface area contributed by atoms with Crippen molar-refractivity contribution < 1.29 is 5.11 Å². The highest BCUT2D eigenvalue weighted by Gasteiger charge is 2.43. The minimum atomic E-state index is -1.09. The Bertz CT molecular complexity index is 1620. The molecule has 1 saturated carbocycles. The molecular formula is C37H35ClN4O. The summed E-state index contributed by atoms with van der Waals surface area (Å²) in [6.07, 6.45) is 6.93. The van der Waals surface area contributed by atoms with Gasteiger partial charge in [0.25, 0.3) is 0 Å². The molecule has 0 spiro atoms. The summed E-state index contributed by atoms with van der Waals surface area (Å²) in [5.74, 6) is 0. The summed E-state index contributed by atoms with van der Waals surface area (Å²) in [6, 6.07) is 39.3. The zero-order valence-corrected chi connectivity index (χ0v) is 25.0. The van der Waals surface area contributed by atoms with E-state index in [9.17, 15) is 10.4 Å². The second-order valence-electron chi connectivity index (χ2n) is 11.3. The zero-order chi connectivity index (χ0) is 29.9. The van der Waals surface area contributed by atoms with Gasteiger partial charge in [0.1, 0.15) is 17.2 Å². The molecule has 0 amide bonds. The Morgan fingerprint density at radius 1 is 0.953 bits per heavy atom. The molecule has 1 aliphatic rings. The van der Waals surface area contributed by atoms with Crippen molar-refractivity contribution in [3.8, 4) is 6.07 Å². The van der Waals surface area contributed by atoms with Gasteiger partial charge in [0.2, 0.25) is 0 Å². The third-order valence-corrected chi connectivity index (χ3v) is 9.22. The van der Waals surface area contributed by atoms with Crippen LogP contribution in [0, 0.1) is 11.3 Å². The van der Waals surface area contributed by atoms with Gasteiger partial charge in [0.15, 0.2) is 0 Å². The molecule has 0 aliphatic heterocycles. The van der Waals surface area contributed by atoms with Crippen molar-refractivity contribution in [1.29, 1.82) is 5.26 Å². The lowest BCUT2D eigenvalue weighted by molar-refractivity contribution is -0.0119. The molecule has 0 saturated heterocycles. The maximum absolute atomic E-state index is 12.3. The molecule has 6 heteroatoms. The van der Waals surface area contributed by atoms with Crippen LogP contribution in [0.5, 0.6) is 0 Å². The lowest BCUT2D eigenvalue weighted by Gasteiger charge is -2.42. The van der Waals surface area contributed by atoms with Crippen LogP contribution in [-0.2, 0) is 11.1 Å². The first kappa shape index (κ1) is 28.7. The normalized spacial score (nSPS) is 18.6. The van der Waals surface area contributed by atoms with Crippen LogP contribution in [0.2, 0.25) is 5.02 Å². The Labute approximate surface area is 258 Å². The van der Waals surface area contributed by atoms with Crippen LogP contribution in [0.25, 0.3) is 0 Å². The molecular weight excluding hydrogens is 552 g/mol. The number of halogens is 1. The van der Waals surface area contributed by atoms with E-state index in [1.165, 1.54) is 0 Å². The first-order valence-corrected chi connectivity index (χ1v) is 15.3. The monoisotopic (exact) mass is 586 g/mol. The summed E-state index contributed by atoms with van der Waals surface area (Å²) >= 11 is 6.41. The Hall–Kier alpha value is -4.37. The van der Waals surface area contributed by atoms with Crippen molar-refractivity contribution in [2.24, 2.45) is 0 Å². The number of anilines is 1. The maximum Gasteiger partial charge on any atom is 0.121 e. The SMILES string of the molecule is CCN(c1ccc(C#N)c(Cl)c1)C1CCCC(O)(c2cn(C(c3ccccc3)(c3ccccc3)c3ccccc3)cn2)C1. The second-order valence-corrected chi connectivity index (χ2v) is 11.7. The van der Waals surface area contributed by atoms with Gasteiger partial charge in [-0.3, -0.25) is 0 Å². The number of rotatable bonds is 8. The van der Waals surface area contributed by atoms with Gasteiger partial charge in [0.05, 0.1) is 22.6 Å². The topological polar surface area (TPSA) is 65.1 Å². The average molecular weight is 587 g/mol. The number of nitrogens with zero attached hydrogens (tertiary/aromatic N) is 4. The van der Waals surface area contributed by atoms with Crippen molar-refractivity contribution >= 4 is 17.3 Å². The summed E-state index contributed by atoms with van der Waals surface area (Å²) in [5, 5.41) is 22.0. The number of aromatic nitrogens is 2. The van der Waals surface area contributed by atoms with Crippen LogP contribution in [0.3, 0.4) is 0 Å². The Kier molecular flexibility index (Phi) is 8.08. The van der Waals surface area contributed by atoms with E-state index in [-0.39, 0.29) is 6.04 Å². The van der Waals surface area contributed by atoms with Crippen molar-refractivity contribution in [2.75, 3.05) is 11.4 Å². The lowest BCUT2D eigenvalue weighted by Crippen LogP contribution is -2.45. The van der Waals surface area contributed by atoms with E-state index in [4.69, 9.17) is 16.6 Å². The molecule has 1 N–H and O–H groups in total. The number of nitriles is 1. The summed E-state index contributed by atoms with van der Waals surface area (Å²) in [5.41, 5.74) is 3.66. The number of hydrogen-bond donors (Lipinski definition) is 1. The van der Waals surface area contributed by atoms with Gasteiger partial charge >= 0.3 is 0 Å². The number of hydrogen-bond acceptors (Lipinski definition) is 4. The highest BCUT2D eigenvalue weighted by atomic mass is 35.5. The molecule has 2 atom stereocenters. The van der Waals surface area contributed by atoms with E-state index in [1.807, 2.05) is 42.9 Å². The minimum absolute atomic E-state index is 0.0972. The zero-order valence-electron chi connectivity index (χ0n) is 24.3. The van der Waals surface area contributed by atoms with E-state index >= 15 is 0 Å². The fourth-order valence-electron chi connectivity index (χ4n) is 6.88. The van der Waals surface area contributed by atoms with Crippen LogP contribution in [0.15, 0.2) is 122 Å². The maximum atomic E-state index is 12.3. The van der Waals surface area contributed by atoms with Crippen LogP contribution in [0.4, 0.5) is 5.69 Å². The number of imidazole rings is 1. The van der Waals surface area contributed by atoms with Crippen LogP contribution in [0.1, 0.15) is 60.6 Å². The molecule has 0 radical (unpaired) electrons. The number of benzene rings is 4. The summed E-state index contributed by atoms with van der Waals surface area (Å²) in [4.78, 5) is 7.21. The first-order valence-electron chi connectivity index (χ1n) is 14.9. The molecule has 2 unspecified atom stereocenters. The Balaban J connectivity index is 1.42. The van der Waals surface area contributed by atoms with Crippen molar-refractivity contribution in [3.63, 3.8) is 0 Å². The number of aliphatic hydroxyl groups is 1. The largest absolute Gasteiger partial charge is 0.383 e. The first-order chi connectivity index (χ1) is 21.0. The van der Waals surface area contributed by atoms with Gasteiger partial charge in [-0.25, -0.2) is 4.98 Å². The van der Waals surface area contributed by atoms with Crippen molar-refractivity contribution in [2.45, 2.75) is 49.8 Å². The predicted octanol–water partition coefficient (Wildman–Crippen LogP) is 7.91. The smallest absolute Gasteiger partial charge is 0.121 e. The van der Waals surface area contributed by atoms with E-state index < -0.39 is 11.1 Å². The lowest BCUT2D eigenvalue weighted by atomic mass is 9.76. The van der Waals surface area contributed by atoms with E-state index in [0.29, 0.717) is 29.1 Å². The van der Waals surface area contributed by atoms with Gasteiger partial charge in [-0.1, -0.05) is 103 Å². The molecule has 6 rings (SSSR count). The van der Waals surface area contributed by atoms with Crippen molar-refractivity contribution in [3.05, 3.63) is 155 Å². The molecule has 216 valence electrons. The molecule has 1 fully saturated rings. The van der Waals surface area contributed by atoms with E-state index in [0.717, 1.165) is 41.8 Å². The third kappa shape index (κ3) is 5.22. The molecule has 1 aromatic heterocycles. The van der Waals surface area contributed by atoms with Gasteiger partial charge in [0, 0.05) is 30.9 Å².